The van der Waals surface area contributed by atoms with Gasteiger partial charge in [0.2, 0.25) is 5.28 Å². The highest BCUT2D eigenvalue weighted by molar-refractivity contribution is 7.56. The molecule has 2 aromatic heterocycles. The van der Waals surface area contributed by atoms with Crippen molar-refractivity contribution in [1.29, 1.82) is 0 Å². The van der Waals surface area contributed by atoms with E-state index in [0.717, 1.165) is 25.7 Å². The predicted molar refractivity (Wildman–Crippen MR) is 181 cm³/mol. The Morgan fingerprint density at radius 3 is 2.28 bits per heavy atom. The quantitative estimate of drug-likeness (QED) is 0.130. The Morgan fingerprint density at radius 1 is 1.04 bits per heavy atom. The van der Waals surface area contributed by atoms with Gasteiger partial charge in [-0.2, -0.15) is 15.1 Å². The molecule has 50 heavy (non-hydrogen) atoms. The van der Waals surface area contributed by atoms with Crippen LogP contribution in [-0.4, -0.2) is 99.3 Å². The summed E-state index contributed by atoms with van der Waals surface area (Å²) >= 11 is 6.53. The molecule has 3 fully saturated rings. The molecule has 2 saturated heterocycles. The minimum atomic E-state index is -4.20. The van der Waals surface area contributed by atoms with Gasteiger partial charge in [-0.1, -0.05) is 12.8 Å². The van der Waals surface area contributed by atoms with Gasteiger partial charge in [0.05, 0.1) is 38.0 Å². The van der Waals surface area contributed by atoms with E-state index in [1.165, 1.54) is 11.6 Å². The number of carbonyl (C=O) groups is 2. The van der Waals surface area contributed by atoms with Crippen LogP contribution in [0, 0.1) is 0 Å². The molecule has 2 aromatic rings. The summed E-state index contributed by atoms with van der Waals surface area (Å²) in [6.07, 6.45) is 1.25. The number of amides is 1. The molecule has 0 N–H and O–H groups in total. The van der Waals surface area contributed by atoms with Gasteiger partial charge in [-0.15, -0.1) is 0 Å². The molecule has 1 aliphatic carbocycles. The van der Waals surface area contributed by atoms with Crippen LogP contribution < -0.4 is 4.90 Å². The molecule has 1 saturated carbocycles. The average Bonchev–Trinajstić information content (AvgIpc) is 3.80. The van der Waals surface area contributed by atoms with Crippen molar-refractivity contribution in [3.8, 4) is 0 Å². The lowest BCUT2D eigenvalue weighted by Crippen LogP contribution is -2.44. The van der Waals surface area contributed by atoms with Crippen LogP contribution in [0.5, 0.6) is 0 Å². The van der Waals surface area contributed by atoms with Crippen LogP contribution >= 0.6 is 19.2 Å². The first-order valence-corrected chi connectivity index (χ1v) is 19.0. The number of aromatic nitrogens is 4. The number of nitrogens with zero attached hydrogens (tertiary/aromatic N) is 5. The summed E-state index contributed by atoms with van der Waals surface area (Å²) in [5.74, 6) is -1.66. The lowest BCUT2D eigenvalue weighted by Gasteiger charge is -2.34. The van der Waals surface area contributed by atoms with Gasteiger partial charge in [-0.05, 0) is 86.8 Å². The van der Waals surface area contributed by atoms with E-state index < -0.39 is 60.9 Å². The normalized spacial score (nSPS) is 25.1. The van der Waals surface area contributed by atoms with E-state index in [-0.39, 0.29) is 43.6 Å². The summed E-state index contributed by atoms with van der Waals surface area (Å²) in [5.41, 5.74) is -0.453. The number of halogens is 1. The molecule has 0 spiro atoms. The zero-order valence-corrected chi connectivity index (χ0v) is 31.8. The first-order valence-electron chi connectivity index (χ1n) is 17.1. The SMILES string of the molecule is CCOC(=O)C(C)(OC[C@H]1O[C@@H](n2ncc3c(N(C(=O)OC(C)(C)C)C4CCCC4)nc(Cl)nc32)[C@@H]2OC(C)(C)O[C@@H]21)P(=O)(OCC)OCC. The number of fused-ring (bicyclic) bond motifs is 2. The third-order valence-corrected chi connectivity index (χ3v) is 11.3. The number of hydrogen-bond donors (Lipinski definition) is 0. The zero-order chi connectivity index (χ0) is 36.6. The van der Waals surface area contributed by atoms with Crippen LogP contribution in [0.15, 0.2) is 6.20 Å². The Morgan fingerprint density at radius 2 is 1.68 bits per heavy atom. The molecule has 2 aliphatic heterocycles. The lowest BCUT2D eigenvalue weighted by atomic mass is 10.1. The van der Waals surface area contributed by atoms with Crippen molar-refractivity contribution >= 4 is 48.1 Å². The summed E-state index contributed by atoms with van der Waals surface area (Å²) in [4.78, 5) is 37.5. The summed E-state index contributed by atoms with van der Waals surface area (Å²) in [6, 6.07) is -0.151. The number of carbonyl (C=O) groups excluding carboxylic acids is 2. The van der Waals surface area contributed by atoms with E-state index in [1.807, 2.05) is 0 Å². The van der Waals surface area contributed by atoms with Crippen molar-refractivity contribution in [2.24, 2.45) is 0 Å². The Bertz CT molecular complexity index is 1590. The minimum Gasteiger partial charge on any atom is -0.463 e. The van der Waals surface area contributed by atoms with Crippen LogP contribution in [-0.2, 0) is 46.8 Å². The van der Waals surface area contributed by atoms with Gasteiger partial charge in [0.15, 0.2) is 23.5 Å². The highest BCUT2D eigenvalue weighted by Crippen LogP contribution is 2.61. The molecule has 4 heterocycles. The van der Waals surface area contributed by atoms with Gasteiger partial charge >= 0.3 is 19.7 Å². The Hall–Kier alpha value is -2.43. The van der Waals surface area contributed by atoms with E-state index in [4.69, 9.17) is 49.1 Å². The molecule has 5 rings (SSSR count). The molecule has 16 nitrogen and oxygen atoms in total. The lowest BCUT2D eigenvalue weighted by molar-refractivity contribution is -0.207. The van der Waals surface area contributed by atoms with E-state index >= 15 is 0 Å². The zero-order valence-electron chi connectivity index (χ0n) is 30.2. The van der Waals surface area contributed by atoms with Crippen LogP contribution in [0.25, 0.3) is 11.0 Å². The molecule has 280 valence electrons. The molecule has 5 atom stereocenters. The van der Waals surface area contributed by atoms with E-state index in [2.05, 4.69) is 15.1 Å². The maximum Gasteiger partial charge on any atom is 0.416 e. The number of ether oxygens (including phenoxy) is 6. The number of anilines is 1. The van der Waals surface area contributed by atoms with Crippen molar-refractivity contribution in [2.45, 2.75) is 135 Å². The highest BCUT2D eigenvalue weighted by Gasteiger charge is 2.60. The Balaban J connectivity index is 1.51. The summed E-state index contributed by atoms with van der Waals surface area (Å²) in [6.45, 7) is 14.9. The number of esters is 1. The second kappa shape index (κ2) is 14.9. The van der Waals surface area contributed by atoms with Gasteiger partial charge in [0.25, 0.3) is 5.34 Å². The van der Waals surface area contributed by atoms with Crippen LogP contribution in [0.1, 0.15) is 94.2 Å². The molecule has 0 radical (unpaired) electrons. The predicted octanol–water partition coefficient (Wildman–Crippen LogP) is 6.14. The third-order valence-electron chi connectivity index (χ3n) is 8.58. The van der Waals surface area contributed by atoms with Gasteiger partial charge in [0.1, 0.15) is 23.9 Å². The summed E-state index contributed by atoms with van der Waals surface area (Å²) in [5, 5.41) is 2.85. The Labute approximate surface area is 297 Å². The first-order chi connectivity index (χ1) is 23.5. The maximum absolute atomic E-state index is 14.0. The van der Waals surface area contributed by atoms with Crippen molar-refractivity contribution < 1.29 is 51.6 Å². The smallest absolute Gasteiger partial charge is 0.416 e. The molecule has 3 aliphatic rings. The van der Waals surface area contributed by atoms with E-state index in [1.54, 1.807) is 66.5 Å². The van der Waals surface area contributed by atoms with Gasteiger partial charge in [-0.25, -0.2) is 14.3 Å². The van der Waals surface area contributed by atoms with Crippen LogP contribution in [0.3, 0.4) is 0 Å². The molecule has 0 bridgehead atoms. The van der Waals surface area contributed by atoms with E-state index in [9.17, 15) is 14.2 Å². The van der Waals surface area contributed by atoms with Crippen molar-refractivity contribution in [3.63, 3.8) is 0 Å². The van der Waals surface area contributed by atoms with Crippen LogP contribution in [0.2, 0.25) is 5.28 Å². The minimum absolute atomic E-state index is 0.00163. The van der Waals surface area contributed by atoms with Gasteiger partial charge in [0, 0.05) is 6.04 Å². The first kappa shape index (κ1) is 38.8. The van der Waals surface area contributed by atoms with Crippen molar-refractivity contribution in [2.75, 3.05) is 31.3 Å². The van der Waals surface area contributed by atoms with Crippen molar-refractivity contribution in [1.82, 2.24) is 19.7 Å². The maximum atomic E-state index is 14.0. The Kier molecular flexibility index (Phi) is 11.6. The van der Waals surface area contributed by atoms with Gasteiger partial charge < -0.3 is 37.5 Å². The molecule has 1 unspecified atom stereocenters. The second-order valence-corrected chi connectivity index (χ2v) is 16.6. The molecular weight excluding hydrogens is 697 g/mol. The molecule has 18 heteroatoms. The molecular formula is C32H49ClN5O11P. The summed E-state index contributed by atoms with van der Waals surface area (Å²) < 4.78 is 62.8. The average molecular weight is 746 g/mol. The number of hydrogen-bond acceptors (Lipinski definition) is 14. The monoisotopic (exact) mass is 745 g/mol. The van der Waals surface area contributed by atoms with E-state index in [0.29, 0.717) is 11.0 Å². The largest absolute Gasteiger partial charge is 0.463 e. The second-order valence-electron chi connectivity index (χ2n) is 13.9. The van der Waals surface area contributed by atoms with Gasteiger partial charge in [-0.3, -0.25) is 9.46 Å². The van der Waals surface area contributed by atoms with Crippen molar-refractivity contribution in [3.05, 3.63) is 11.5 Å². The molecule has 1 amide bonds. The van der Waals surface area contributed by atoms with Crippen LogP contribution in [0.4, 0.5) is 10.6 Å². The highest BCUT2D eigenvalue weighted by atomic mass is 35.5. The fourth-order valence-corrected chi connectivity index (χ4v) is 8.44. The molecule has 0 aromatic carbocycles. The topological polar surface area (TPSA) is 172 Å². The fourth-order valence-electron chi connectivity index (χ4n) is 6.51. The standard InChI is InChI=1S/C32H49ClN5O11P/c1-10-42-27(39)32(9,50(41,44-11-2)45-12-3)43-18-21-22-23(48-31(7,8)47-22)26(46-21)38-25-20(17-34-38)24(35-28(33)36-25)37(19-15-13-14-16-19)29(40)49-30(4,5)6/h17,19,21-23,26H,10-16,18H2,1-9H3/t21-,22-,23-,26-,32?/m1/s1. The third kappa shape index (κ3) is 7.68. The summed E-state index contributed by atoms with van der Waals surface area (Å²) in [7, 11) is -4.20. The fraction of sp³-hybridized carbons (Fsp3) is 0.781. The number of rotatable bonds is 13.